The zero-order valence-corrected chi connectivity index (χ0v) is 19.7. The van der Waals surface area contributed by atoms with E-state index in [4.69, 9.17) is 4.55 Å². The van der Waals surface area contributed by atoms with Gasteiger partial charge < -0.3 is 4.74 Å². The maximum absolute atomic E-state index is 14.2. The molecule has 0 saturated carbocycles. The smallest absolute Gasteiger partial charge is 0.432 e. The molecule has 3 unspecified atom stereocenters. The second-order valence-corrected chi connectivity index (χ2v) is 11.5. The van der Waals surface area contributed by atoms with Gasteiger partial charge in [-0.15, -0.1) is 0 Å². The topological polar surface area (TPSA) is 80.7 Å². The van der Waals surface area contributed by atoms with Gasteiger partial charge in [-0.1, -0.05) is 69.3 Å². The van der Waals surface area contributed by atoms with Crippen LogP contribution in [0.3, 0.4) is 0 Å². The number of rotatable bonds is 4. The standard InChI is InChI=1S/C24H23F5O5S/c1-22(2,3)19-17-14-10-6-4-8-12(14)16(13-9-5-7-11-15(13)17)18(19)20(30)34-21(23(25,26)27)24(28,29)35(31,32)33/h4-11,16-19,21H,1-3H3,(H,31,32,33). The fourth-order valence-corrected chi connectivity index (χ4v) is 6.11. The Morgan fingerprint density at radius 1 is 0.857 bits per heavy atom. The van der Waals surface area contributed by atoms with E-state index in [0.717, 1.165) is 11.1 Å². The maximum atomic E-state index is 14.2. The molecular weight excluding hydrogens is 495 g/mol. The molecule has 3 aliphatic rings. The first-order chi connectivity index (χ1) is 16.0. The Labute approximate surface area is 199 Å². The van der Waals surface area contributed by atoms with Crippen LogP contribution >= 0.6 is 0 Å². The summed E-state index contributed by atoms with van der Waals surface area (Å²) in [7, 11) is -6.54. The van der Waals surface area contributed by atoms with Gasteiger partial charge in [-0.25, -0.2) is 0 Å². The minimum absolute atomic E-state index is 0.434. The SMILES string of the molecule is CC(C)(C)C1C2c3ccccc3C(c3ccccc32)C1C(=O)OC(C(F)(F)F)C(F)(F)S(=O)(=O)O. The maximum Gasteiger partial charge on any atom is 0.432 e. The van der Waals surface area contributed by atoms with Gasteiger partial charge in [-0.05, 0) is 33.6 Å². The Morgan fingerprint density at radius 3 is 1.60 bits per heavy atom. The molecule has 0 fully saturated rings. The Balaban J connectivity index is 1.88. The number of benzene rings is 2. The summed E-state index contributed by atoms with van der Waals surface area (Å²) >= 11 is 0. The quantitative estimate of drug-likeness (QED) is 0.328. The number of alkyl halides is 5. The fraction of sp³-hybridized carbons (Fsp3) is 0.458. The zero-order chi connectivity index (χ0) is 26.1. The van der Waals surface area contributed by atoms with Crippen molar-refractivity contribution < 1.29 is 44.5 Å². The lowest BCUT2D eigenvalue weighted by molar-refractivity contribution is -0.262. The van der Waals surface area contributed by atoms with Crippen LogP contribution in [-0.2, 0) is 19.6 Å². The molecule has 0 saturated heterocycles. The van der Waals surface area contributed by atoms with Crippen molar-refractivity contribution in [3.63, 3.8) is 0 Å². The van der Waals surface area contributed by atoms with Crippen molar-refractivity contribution >= 4 is 16.1 Å². The number of esters is 1. The Kier molecular flexibility index (Phi) is 5.84. The van der Waals surface area contributed by atoms with Crippen LogP contribution in [0.15, 0.2) is 48.5 Å². The zero-order valence-electron chi connectivity index (χ0n) is 18.9. The number of hydrogen-bond acceptors (Lipinski definition) is 4. The third-order valence-electron chi connectivity index (χ3n) is 6.89. The number of halogens is 5. The van der Waals surface area contributed by atoms with Crippen LogP contribution in [0.4, 0.5) is 22.0 Å². The molecule has 3 aliphatic carbocycles. The lowest BCUT2D eigenvalue weighted by Gasteiger charge is -2.54. The van der Waals surface area contributed by atoms with Gasteiger partial charge >= 0.3 is 27.5 Å². The van der Waals surface area contributed by atoms with Crippen molar-refractivity contribution in [1.82, 2.24) is 0 Å². The van der Waals surface area contributed by atoms with Gasteiger partial charge in [0.15, 0.2) is 0 Å². The van der Waals surface area contributed by atoms with E-state index in [9.17, 15) is 35.2 Å². The molecule has 3 atom stereocenters. The largest absolute Gasteiger partial charge is 0.444 e. The average Bonchev–Trinajstić information content (AvgIpc) is 2.74. The van der Waals surface area contributed by atoms with Crippen LogP contribution in [-0.4, -0.2) is 36.5 Å². The molecule has 35 heavy (non-hydrogen) atoms. The first-order valence-electron chi connectivity index (χ1n) is 10.8. The van der Waals surface area contributed by atoms with Crippen molar-refractivity contribution in [2.75, 3.05) is 0 Å². The Hall–Kier alpha value is -2.53. The number of hydrogen-bond donors (Lipinski definition) is 1. The number of fused-ring (bicyclic) bond motifs is 1. The molecule has 2 aromatic carbocycles. The highest BCUT2D eigenvalue weighted by atomic mass is 32.2. The van der Waals surface area contributed by atoms with Crippen LogP contribution in [0, 0.1) is 17.3 Å². The first kappa shape index (κ1) is 25.6. The molecule has 0 heterocycles. The molecule has 5 nitrogen and oxygen atoms in total. The first-order valence-corrected chi connectivity index (χ1v) is 12.2. The minimum atomic E-state index is -6.54. The van der Waals surface area contributed by atoms with Gasteiger partial charge in [-0.2, -0.15) is 30.4 Å². The van der Waals surface area contributed by atoms with E-state index in [0.29, 0.717) is 11.1 Å². The molecule has 2 aromatic rings. The number of carbonyl (C=O) groups excluding carboxylic acids is 1. The molecule has 0 radical (unpaired) electrons. The van der Waals surface area contributed by atoms with E-state index < -0.39 is 62.7 Å². The van der Waals surface area contributed by atoms with E-state index in [1.165, 1.54) is 0 Å². The molecular formula is C24H23F5O5S. The molecule has 11 heteroatoms. The molecule has 0 spiro atoms. The monoisotopic (exact) mass is 518 g/mol. The second-order valence-electron chi connectivity index (χ2n) is 10.0. The van der Waals surface area contributed by atoms with Gasteiger partial charge in [-0.3, -0.25) is 9.35 Å². The Morgan fingerprint density at radius 2 is 1.26 bits per heavy atom. The van der Waals surface area contributed by atoms with Crippen LogP contribution in [0.5, 0.6) is 0 Å². The average molecular weight is 519 g/mol. The highest BCUT2D eigenvalue weighted by Gasteiger charge is 2.67. The van der Waals surface area contributed by atoms with Crippen LogP contribution < -0.4 is 0 Å². The molecule has 0 amide bonds. The summed E-state index contributed by atoms with van der Waals surface area (Å²) in [5, 5.41) is -5.79. The molecule has 1 N–H and O–H groups in total. The summed E-state index contributed by atoms with van der Waals surface area (Å²) in [6, 6.07) is 14.2. The van der Waals surface area contributed by atoms with E-state index in [-0.39, 0.29) is 0 Å². The van der Waals surface area contributed by atoms with Gasteiger partial charge in [0.25, 0.3) is 6.10 Å². The van der Waals surface area contributed by atoms with Gasteiger partial charge in [0.2, 0.25) is 0 Å². The van der Waals surface area contributed by atoms with Gasteiger partial charge in [0, 0.05) is 11.8 Å². The lowest BCUT2D eigenvalue weighted by Crippen LogP contribution is -2.55. The van der Waals surface area contributed by atoms with Crippen molar-refractivity contribution in [2.24, 2.45) is 17.3 Å². The van der Waals surface area contributed by atoms with E-state index in [1.54, 1.807) is 45.0 Å². The molecule has 0 aromatic heterocycles. The van der Waals surface area contributed by atoms with Crippen LogP contribution in [0.2, 0.25) is 0 Å². The summed E-state index contributed by atoms with van der Waals surface area (Å²) in [4.78, 5) is 13.4. The van der Waals surface area contributed by atoms with Gasteiger partial charge in [0.1, 0.15) is 0 Å². The van der Waals surface area contributed by atoms with Crippen molar-refractivity contribution in [3.05, 3.63) is 70.8 Å². The van der Waals surface area contributed by atoms with Crippen molar-refractivity contribution in [2.45, 2.75) is 50.1 Å². The van der Waals surface area contributed by atoms with Crippen molar-refractivity contribution in [3.8, 4) is 0 Å². The molecule has 2 bridgehead atoms. The number of ether oxygens (including phenoxy) is 1. The molecule has 5 rings (SSSR count). The van der Waals surface area contributed by atoms with E-state index >= 15 is 0 Å². The van der Waals surface area contributed by atoms with E-state index in [2.05, 4.69) is 4.74 Å². The van der Waals surface area contributed by atoms with Crippen molar-refractivity contribution in [1.29, 1.82) is 0 Å². The van der Waals surface area contributed by atoms with Gasteiger partial charge in [0.05, 0.1) is 5.92 Å². The summed E-state index contributed by atoms with van der Waals surface area (Å²) in [6.07, 6.45) is -10.3. The fourth-order valence-electron chi connectivity index (χ4n) is 5.66. The Bertz CT molecular complexity index is 1220. The second kappa shape index (κ2) is 7.99. The van der Waals surface area contributed by atoms with Crippen LogP contribution in [0.1, 0.15) is 54.9 Å². The lowest BCUT2D eigenvalue weighted by atomic mass is 9.49. The summed E-state index contributed by atoms with van der Waals surface area (Å²) < 4.78 is 104. The molecule has 0 aliphatic heterocycles. The minimum Gasteiger partial charge on any atom is -0.444 e. The predicted molar refractivity (Wildman–Crippen MR) is 115 cm³/mol. The summed E-state index contributed by atoms with van der Waals surface area (Å²) in [6.45, 7) is 5.37. The van der Waals surface area contributed by atoms with E-state index in [1.807, 2.05) is 24.3 Å². The third kappa shape index (κ3) is 4.02. The summed E-state index contributed by atoms with van der Waals surface area (Å²) in [5.74, 6) is -4.80. The molecule has 190 valence electrons. The highest BCUT2D eigenvalue weighted by Crippen LogP contribution is 2.62. The number of carbonyl (C=O) groups is 1. The predicted octanol–water partition coefficient (Wildman–Crippen LogP) is 5.51. The third-order valence-corrected chi connectivity index (χ3v) is 7.79. The normalized spacial score (nSPS) is 24.9. The summed E-state index contributed by atoms with van der Waals surface area (Å²) in [5.41, 5.74) is 2.42. The van der Waals surface area contributed by atoms with Crippen LogP contribution in [0.25, 0.3) is 0 Å². The highest BCUT2D eigenvalue weighted by molar-refractivity contribution is 7.86.